The predicted molar refractivity (Wildman–Crippen MR) is 127 cm³/mol. The lowest BCUT2D eigenvalue weighted by Gasteiger charge is -2.42. The first-order valence-electron chi connectivity index (χ1n) is 11.5. The maximum Gasteiger partial charge on any atom is 0.216 e. The summed E-state index contributed by atoms with van der Waals surface area (Å²) < 4.78 is 20.1. The van der Waals surface area contributed by atoms with Crippen molar-refractivity contribution in [3.05, 3.63) is 42.5 Å². The Morgan fingerprint density at radius 1 is 1.09 bits per heavy atom. The number of methoxy groups -OCH3 is 1. The fraction of sp³-hybridized carbons (Fsp3) is 0.440. The van der Waals surface area contributed by atoms with E-state index in [2.05, 4.69) is 44.6 Å². The molecular weight excluding hydrogens is 435 g/mol. The Labute approximate surface area is 198 Å². The van der Waals surface area contributed by atoms with Gasteiger partial charge in [0.15, 0.2) is 0 Å². The number of anilines is 1. The number of piperidine rings is 1. The summed E-state index contributed by atoms with van der Waals surface area (Å²) in [7, 11) is 1.49. The summed E-state index contributed by atoms with van der Waals surface area (Å²) in [6.07, 6.45) is 6.01. The first-order valence-corrected chi connectivity index (χ1v) is 11.5. The largest absolute Gasteiger partial charge is 0.507 e. The zero-order valence-electron chi connectivity index (χ0n) is 19.6. The highest BCUT2D eigenvalue weighted by atomic mass is 19.1. The molecule has 178 valence electrons. The molecule has 0 amide bonds. The molecule has 2 bridgehead atoms. The lowest BCUT2D eigenvalue weighted by atomic mass is 9.80. The van der Waals surface area contributed by atoms with Crippen molar-refractivity contribution >= 4 is 5.82 Å². The van der Waals surface area contributed by atoms with Crippen molar-refractivity contribution in [3.63, 3.8) is 0 Å². The lowest BCUT2D eigenvalue weighted by molar-refractivity contribution is 0.178. The van der Waals surface area contributed by atoms with Gasteiger partial charge in [-0.3, -0.25) is 0 Å². The average molecular weight is 465 g/mol. The second-order valence-electron chi connectivity index (χ2n) is 10.0. The van der Waals surface area contributed by atoms with Crippen molar-refractivity contribution in [2.45, 2.75) is 50.6 Å². The number of aromatic nitrogens is 4. The van der Waals surface area contributed by atoms with Gasteiger partial charge in [-0.1, -0.05) is 0 Å². The number of ether oxygens (including phenoxy) is 1. The Morgan fingerprint density at radius 3 is 2.50 bits per heavy atom. The topological polar surface area (TPSA) is 105 Å². The van der Waals surface area contributed by atoms with Gasteiger partial charge in [-0.15, -0.1) is 10.2 Å². The third kappa shape index (κ3) is 4.40. The van der Waals surface area contributed by atoms with Gasteiger partial charge in [0.2, 0.25) is 5.88 Å². The fourth-order valence-corrected chi connectivity index (χ4v) is 5.61. The second kappa shape index (κ2) is 8.47. The van der Waals surface area contributed by atoms with E-state index in [1.165, 1.54) is 38.4 Å². The monoisotopic (exact) mass is 464 g/mol. The number of benzene rings is 1. The van der Waals surface area contributed by atoms with Gasteiger partial charge < -0.3 is 20.5 Å². The highest BCUT2D eigenvalue weighted by molar-refractivity contribution is 5.74. The Hall–Kier alpha value is -3.33. The van der Waals surface area contributed by atoms with Crippen molar-refractivity contribution in [2.75, 3.05) is 19.0 Å². The molecule has 2 atom stereocenters. The van der Waals surface area contributed by atoms with Gasteiger partial charge in [0, 0.05) is 29.3 Å². The summed E-state index contributed by atoms with van der Waals surface area (Å²) in [5.41, 5.74) is 1.53. The molecule has 3 aromatic rings. The van der Waals surface area contributed by atoms with E-state index in [1.54, 1.807) is 18.2 Å². The molecule has 4 heterocycles. The zero-order chi connectivity index (χ0) is 23.9. The molecule has 2 unspecified atom stereocenters. The molecule has 3 N–H and O–H groups in total. The van der Waals surface area contributed by atoms with Crippen LogP contribution in [0.5, 0.6) is 11.6 Å². The van der Waals surface area contributed by atoms with Crippen LogP contribution in [0.1, 0.15) is 39.5 Å². The van der Waals surface area contributed by atoms with Crippen LogP contribution in [0.3, 0.4) is 0 Å². The summed E-state index contributed by atoms with van der Waals surface area (Å²) in [6.45, 7) is 5.44. The molecule has 2 aromatic heterocycles. The molecule has 34 heavy (non-hydrogen) atoms. The third-order valence-corrected chi connectivity index (χ3v) is 7.02. The molecule has 5 rings (SSSR count). The minimum absolute atomic E-state index is 0.000370. The molecule has 2 aliphatic rings. The van der Waals surface area contributed by atoms with E-state index in [1.807, 2.05) is 0 Å². The summed E-state index contributed by atoms with van der Waals surface area (Å²) in [4.78, 5) is 8.07. The number of hydrogen-bond donors (Lipinski definition) is 3. The van der Waals surface area contributed by atoms with E-state index in [0.717, 1.165) is 19.4 Å². The predicted octanol–water partition coefficient (Wildman–Crippen LogP) is 4.18. The smallest absolute Gasteiger partial charge is 0.216 e. The van der Waals surface area contributed by atoms with Crippen molar-refractivity contribution in [1.29, 1.82) is 0 Å². The van der Waals surface area contributed by atoms with Gasteiger partial charge in [0.1, 0.15) is 23.7 Å². The highest BCUT2D eigenvalue weighted by Gasteiger charge is 2.48. The molecule has 0 spiro atoms. The first-order chi connectivity index (χ1) is 16.3. The van der Waals surface area contributed by atoms with Gasteiger partial charge >= 0.3 is 0 Å². The van der Waals surface area contributed by atoms with Gasteiger partial charge in [-0.2, -0.15) is 0 Å². The number of aromatic hydroxyl groups is 1. The van der Waals surface area contributed by atoms with E-state index < -0.39 is 5.82 Å². The van der Waals surface area contributed by atoms with Crippen LogP contribution in [0.2, 0.25) is 0 Å². The van der Waals surface area contributed by atoms with Gasteiger partial charge in [0.05, 0.1) is 24.1 Å². The van der Waals surface area contributed by atoms with E-state index in [0.29, 0.717) is 28.9 Å². The van der Waals surface area contributed by atoms with E-state index in [9.17, 15) is 9.50 Å². The van der Waals surface area contributed by atoms with Crippen LogP contribution in [0, 0.1) is 11.7 Å². The Balaban J connectivity index is 1.29. The van der Waals surface area contributed by atoms with Crippen molar-refractivity contribution in [2.24, 2.45) is 5.92 Å². The highest BCUT2D eigenvalue weighted by Crippen LogP contribution is 2.44. The van der Waals surface area contributed by atoms with Crippen LogP contribution in [-0.2, 0) is 0 Å². The molecule has 1 aromatic carbocycles. The average Bonchev–Trinajstić information content (AvgIpc) is 3.04. The van der Waals surface area contributed by atoms with Crippen molar-refractivity contribution < 1.29 is 14.2 Å². The minimum atomic E-state index is -0.616. The molecule has 2 fully saturated rings. The van der Waals surface area contributed by atoms with Crippen LogP contribution in [-0.4, -0.2) is 50.0 Å². The molecule has 2 saturated heterocycles. The van der Waals surface area contributed by atoms with Crippen molar-refractivity contribution in [3.8, 4) is 34.1 Å². The summed E-state index contributed by atoms with van der Waals surface area (Å²) in [6, 6.07) is 7.75. The molecule has 9 heteroatoms. The van der Waals surface area contributed by atoms with Crippen LogP contribution < -0.4 is 15.4 Å². The Bertz CT molecular complexity index is 1170. The van der Waals surface area contributed by atoms with Crippen LogP contribution >= 0.6 is 0 Å². The second-order valence-corrected chi connectivity index (χ2v) is 10.0. The minimum Gasteiger partial charge on any atom is -0.507 e. The summed E-state index contributed by atoms with van der Waals surface area (Å²) in [5, 5.41) is 26.1. The molecule has 0 saturated carbocycles. The normalized spacial score (nSPS) is 25.8. The van der Waals surface area contributed by atoms with E-state index >= 15 is 0 Å². The van der Waals surface area contributed by atoms with Crippen molar-refractivity contribution in [1.82, 2.24) is 25.5 Å². The van der Waals surface area contributed by atoms with Gasteiger partial charge in [-0.25, -0.2) is 14.4 Å². The molecule has 0 radical (unpaired) electrons. The quantitative estimate of drug-likeness (QED) is 0.499. The SMILES string of the molecule is COc1cc(-c2cc(O)c(-c3ccc(NCC4CC5(C)CCC(C)(C4)N5)nn3)c(F)c2)ncn1. The number of hydrogen-bond acceptors (Lipinski definition) is 8. The molecule has 0 aliphatic carbocycles. The molecule has 8 nitrogen and oxygen atoms in total. The van der Waals surface area contributed by atoms with Crippen LogP contribution in [0.15, 0.2) is 36.7 Å². The molecule has 2 aliphatic heterocycles. The number of phenols is 1. The van der Waals surface area contributed by atoms with E-state index in [4.69, 9.17) is 4.74 Å². The van der Waals surface area contributed by atoms with E-state index in [-0.39, 0.29) is 28.1 Å². The number of nitrogens with one attached hydrogen (secondary N) is 2. The maximum absolute atomic E-state index is 15.0. The number of fused-ring (bicyclic) bond motifs is 2. The zero-order valence-corrected chi connectivity index (χ0v) is 19.6. The molecular formula is C25H29FN6O2. The van der Waals surface area contributed by atoms with Crippen LogP contribution in [0.4, 0.5) is 10.2 Å². The Morgan fingerprint density at radius 2 is 1.85 bits per heavy atom. The fourth-order valence-electron chi connectivity index (χ4n) is 5.61. The maximum atomic E-state index is 15.0. The Kier molecular flexibility index (Phi) is 5.59. The van der Waals surface area contributed by atoms with Gasteiger partial charge in [0.25, 0.3) is 0 Å². The first kappa shape index (κ1) is 22.5. The summed E-state index contributed by atoms with van der Waals surface area (Å²) >= 11 is 0. The number of rotatable bonds is 6. The van der Waals surface area contributed by atoms with Crippen LogP contribution in [0.25, 0.3) is 22.5 Å². The third-order valence-electron chi connectivity index (χ3n) is 7.02. The van der Waals surface area contributed by atoms with Gasteiger partial charge in [-0.05, 0) is 69.7 Å². The number of nitrogens with zero attached hydrogens (tertiary/aromatic N) is 4. The summed E-state index contributed by atoms with van der Waals surface area (Å²) in [5.74, 6) is 0.677. The lowest BCUT2D eigenvalue weighted by Crippen LogP contribution is -2.54. The number of phenolic OH excluding ortho intramolecular Hbond substituents is 1. The standard InChI is InChI=1S/C25H29FN6O2/c1-24-6-7-25(2,32-24)12-15(11-24)13-27-21-5-4-18(30-31-21)23-17(26)8-16(9-20(23)33)19-10-22(34-3)29-14-28-19/h4-5,8-10,14-15,32-33H,6-7,11-13H2,1-3H3,(H,27,31). The number of halogens is 1.